The van der Waals surface area contributed by atoms with E-state index >= 15 is 0 Å². The predicted octanol–water partition coefficient (Wildman–Crippen LogP) is 5.71. The smallest absolute Gasteiger partial charge is 0.241 e. The molecule has 162 valence electrons. The molecule has 0 fully saturated rings. The average Bonchev–Trinajstić information content (AvgIpc) is 3.21. The van der Waals surface area contributed by atoms with Gasteiger partial charge in [-0.1, -0.05) is 54.6 Å². The van der Waals surface area contributed by atoms with Gasteiger partial charge in [-0.3, -0.25) is 9.69 Å². The quantitative estimate of drug-likeness (QED) is 0.444. The number of nitrogens with zero attached hydrogens (tertiary/aromatic N) is 1. The topological polar surface area (TPSA) is 54.7 Å². The van der Waals surface area contributed by atoms with Crippen LogP contribution in [0.5, 0.6) is 5.75 Å². The van der Waals surface area contributed by atoms with Gasteiger partial charge in [-0.25, -0.2) is 0 Å². The van der Waals surface area contributed by atoms with Crippen molar-refractivity contribution >= 4 is 39.1 Å². The molecule has 1 aliphatic heterocycles. The van der Waals surface area contributed by atoms with Crippen LogP contribution >= 0.6 is 0 Å². The Morgan fingerprint density at radius 1 is 1.03 bits per heavy atom. The van der Waals surface area contributed by atoms with Crippen LogP contribution in [0.2, 0.25) is 0 Å². The molecule has 0 bridgehead atoms. The fourth-order valence-corrected chi connectivity index (χ4v) is 4.37. The summed E-state index contributed by atoms with van der Waals surface area (Å²) in [5.41, 5.74) is 4.76. The minimum Gasteiger partial charge on any atom is -0.495 e. The van der Waals surface area contributed by atoms with Crippen LogP contribution in [-0.2, 0) is 4.79 Å². The second kappa shape index (κ2) is 8.52. The largest absolute Gasteiger partial charge is 0.495 e. The van der Waals surface area contributed by atoms with Crippen LogP contribution in [0.15, 0.2) is 77.2 Å². The van der Waals surface area contributed by atoms with Crippen molar-refractivity contribution in [3.05, 3.63) is 78.4 Å². The highest BCUT2D eigenvalue weighted by Crippen LogP contribution is 2.36. The van der Waals surface area contributed by atoms with Gasteiger partial charge < -0.3 is 14.5 Å². The molecule has 0 saturated heterocycles. The van der Waals surface area contributed by atoms with Crippen molar-refractivity contribution < 1.29 is 13.9 Å². The number of amides is 1. The third-order valence-electron chi connectivity index (χ3n) is 6.27. The first kappa shape index (κ1) is 20.3. The van der Waals surface area contributed by atoms with Crippen molar-refractivity contribution in [1.29, 1.82) is 0 Å². The maximum atomic E-state index is 13.1. The lowest BCUT2D eigenvalue weighted by Gasteiger charge is -2.31. The SMILES string of the molecule is COc1cc2c(cc1NC(=O)[C@H](C)N1CC=C(c3ccccc3)CC1)oc1ccccc12. The van der Waals surface area contributed by atoms with Gasteiger partial charge in [-0.15, -0.1) is 0 Å². The van der Waals surface area contributed by atoms with Crippen LogP contribution in [0.25, 0.3) is 27.5 Å². The van der Waals surface area contributed by atoms with Gasteiger partial charge in [0.25, 0.3) is 0 Å². The lowest BCUT2D eigenvalue weighted by Crippen LogP contribution is -2.44. The van der Waals surface area contributed by atoms with Gasteiger partial charge in [0, 0.05) is 29.9 Å². The highest BCUT2D eigenvalue weighted by atomic mass is 16.5. The number of hydrogen-bond donors (Lipinski definition) is 1. The number of benzene rings is 3. The summed E-state index contributed by atoms with van der Waals surface area (Å²) in [6, 6.07) is 21.8. The van der Waals surface area contributed by atoms with Crippen molar-refractivity contribution in [1.82, 2.24) is 4.90 Å². The number of para-hydroxylation sites is 1. The van der Waals surface area contributed by atoms with Crippen LogP contribution in [0.4, 0.5) is 5.69 Å². The van der Waals surface area contributed by atoms with Crippen molar-refractivity contribution in [3.8, 4) is 5.75 Å². The Bertz CT molecular complexity index is 1310. The Kier molecular flexibility index (Phi) is 5.41. The van der Waals surface area contributed by atoms with Crippen molar-refractivity contribution in [2.45, 2.75) is 19.4 Å². The summed E-state index contributed by atoms with van der Waals surface area (Å²) in [6.45, 7) is 3.54. The van der Waals surface area contributed by atoms with Crippen LogP contribution in [-0.4, -0.2) is 37.0 Å². The van der Waals surface area contributed by atoms with E-state index in [9.17, 15) is 4.79 Å². The maximum Gasteiger partial charge on any atom is 0.241 e. The van der Waals surface area contributed by atoms with E-state index in [2.05, 4.69) is 40.6 Å². The third kappa shape index (κ3) is 3.76. The van der Waals surface area contributed by atoms with Gasteiger partial charge >= 0.3 is 0 Å². The number of fused-ring (bicyclic) bond motifs is 3. The van der Waals surface area contributed by atoms with Gasteiger partial charge in [0.1, 0.15) is 16.9 Å². The summed E-state index contributed by atoms with van der Waals surface area (Å²) in [6.07, 6.45) is 3.15. The van der Waals surface area contributed by atoms with Gasteiger partial charge in [0.05, 0.1) is 18.8 Å². The molecule has 1 atom stereocenters. The Labute approximate surface area is 187 Å². The van der Waals surface area contributed by atoms with Gasteiger partial charge in [-0.2, -0.15) is 0 Å². The lowest BCUT2D eigenvalue weighted by atomic mass is 9.99. The predicted molar refractivity (Wildman–Crippen MR) is 129 cm³/mol. The number of carbonyl (C=O) groups is 1. The highest BCUT2D eigenvalue weighted by Gasteiger charge is 2.24. The summed E-state index contributed by atoms with van der Waals surface area (Å²) < 4.78 is 11.6. The molecule has 32 heavy (non-hydrogen) atoms. The van der Waals surface area contributed by atoms with Gasteiger partial charge in [0.2, 0.25) is 5.91 Å². The van der Waals surface area contributed by atoms with E-state index in [1.807, 2.05) is 49.4 Å². The van der Waals surface area contributed by atoms with E-state index in [0.717, 1.165) is 41.4 Å². The number of carbonyl (C=O) groups excluding carboxylic acids is 1. The molecule has 5 rings (SSSR count). The molecular weight excluding hydrogens is 400 g/mol. The average molecular weight is 427 g/mol. The molecule has 4 aromatic rings. The zero-order chi connectivity index (χ0) is 22.1. The van der Waals surface area contributed by atoms with E-state index in [-0.39, 0.29) is 11.9 Å². The second-order valence-corrected chi connectivity index (χ2v) is 8.15. The van der Waals surface area contributed by atoms with Crippen LogP contribution < -0.4 is 10.1 Å². The summed E-state index contributed by atoms with van der Waals surface area (Å²) >= 11 is 0. The Balaban J connectivity index is 1.34. The van der Waals surface area contributed by atoms with Gasteiger partial charge in [0.15, 0.2) is 0 Å². The molecule has 1 aromatic heterocycles. The molecule has 0 radical (unpaired) electrons. The molecule has 1 aliphatic rings. The number of methoxy groups -OCH3 is 1. The first-order chi connectivity index (χ1) is 15.6. The van der Waals surface area contributed by atoms with Crippen molar-refractivity contribution in [2.24, 2.45) is 0 Å². The van der Waals surface area contributed by atoms with Crippen molar-refractivity contribution in [3.63, 3.8) is 0 Å². The molecule has 0 unspecified atom stereocenters. The Morgan fingerprint density at radius 3 is 2.56 bits per heavy atom. The van der Waals surface area contributed by atoms with E-state index in [1.165, 1.54) is 11.1 Å². The monoisotopic (exact) mass is 426 g/mol. The third-order valence-corrected chi connectivity index (χ3v) is 6.27. The van der Waals surface area contributed by atoms with Gasteiger partial charge in [-0.05, 0) is 36.6 Å². The summed E-state index contributed by atoms with van der Waals surface area (Å²) in [5.74, 6) is 0.560. The molecule has 0 aliphatic carbocycles. The molecule has 5 nitrogen and oxygen atoms in total. The zero-order valence-corrected chi connectivity index (χ0v) is 18.3. The maximum absolute atomic E-state index is 13.1. The number of furan rings is 1. The van der Waals surface area contributed by atoms with Crippen LogP contribution in [0.3, 0.4) is 0 Å². The van der Waals surface area contributed by atoms with E-state index in [1.54, 1.807) is 7.11 Å². The highest BCUT2D eigenvalue weighted by molar-refractivity contribution is 6.08. The number of nitrogens with one attached hydrogen (secondary N) is 1. The molecule has 1 N–H and O–H groups in total. The molecule has 5 heteroatoms. The molecule has 0 spiro atoms. The molecule has 2 heterocycles. The molecule has 1 amide bonds. The standard InChI is InChI=1S/C27H26N2O3/c1-18(29-14-12-20(13-15-29)19-8-4-3-5-9-19)27(30)28-23-17-25-22(16-26(23)31-2)21-10-6-7-11-24(21)32-25/h3-12,16-18H,13-15H2,1-2H3,(H,28,30)/t18-/m0/s1. The second-order valence-electron chi connectivity index (χ2n) is 8.15. The molecule has 0 saturated carbocycles. The Morgan fingerprint density at radius 2 is 1.81 bits per heavy atom. The lowest BCUT2D eigenvalue weighted by molar-refractivity contribution is -0.120. The number of rotatable bonds is 5. The normalized spacial score (nSPS) is 15.5. The molecular formula is C27H26N2O3. The number of ether oxygens (including phenoxy) is 1. The van der Waals surface area contributed by atoms with E-state index in [4.69, 9.17) is 9.15 Å². The fourth-order valence-electron chi connectivity index (χ4n) is 4.37. The van der Waals surface area contributed by atoms with E-state index < -0.39 is 0 Å². The first-order valence-electron chi connectivity index (χ1n) is 10.9. The van der Waals surface area contributed by atoms with Crippen LogP contribution in [0.1, 0.15) is 18.9 Å². The minimum atomic E-state index is -0.264. The minimum absolute atomic E-state index is 0.0599. The summed E-state index contributed by atoms with van der Waals surface area (Å²) in [5, 5.41) is 5.05. The summed E-state index contributed by atoms with van der Waals surface area (Å²) in [4.78, 5) is 15.3. The van der Waals surface area contributed by atoms with E-state index in [0.29, 0.717) is 11.4 Å². The molecule has 3 aromatic carbocycles. The summed E-state index contributed by atoms with van der Waals surface area (Å²) in [7, 11) is 1.61. The first-order valence-corrected chi connectivity index (χ1v) is 10.9. The number of hydrogen-bond acceptors (Lipinski definition) is 4. The Hall–Kier alpha value is -3.57. The van der Waals surface area contributed by atoms with Crippen molar-refractivity contribution in [2.75, 3.05) is 25.5 Å². The zero-order valence-electron chi connectivity index (χ0n) is 18.3. The number of anilines is 1. The van der Waals surface area contributed by atoms with Crippen LogP contribution in [0, 0.1) is 0 Å². The fraction of sp³-hybridized carbons (Fsp3) is 0.222.